The van der Waals surface area contributed by atoms with Gasteiger partial charge >= 0.3 is 5.97 Å². The Morgan fingerprint density at radius 2 is 1.91 bits per heavy atom. The number of carbonyl (C=O) groups is 1. The highest BCUT2D eigenvalue weighted by Crippen LogP contribution is 2.19. The van der Waals surface area contributed by atoms with E-state index in [2.05, 4.69) is 4.72 Å². The molecule has 0 fully saturated rings. The molecule has 0 aliphatic heterocycles. The van der Waals surface area contributed by atoms with E-state index >= 15 is 0 Å². The molecule has 2 N–H and O–H groups in total. The lowest BCUT2D eigenvalue weighted by Gasteiger charge is -2.22. The fraction of sp³-hybridized carbons (Fsp3) is 0.533. The standard InChI is InChI=1S/C15H23NO5S/c1-4-11(2)14(15(17)18)16-22(19,20)10-13(21-3)12-8-6-5-7-9-12/h5-9,11,13-14,16H,4,10H2,1-3H3,(H,17,18)/t11-,13?,14-/m0/s1. The van der Waals surface area contributed by atoms with Gasteiger partial charge in [0, 0.05) is 7.11 Å². The Labute approximate surface area is 131 Å². The van der Waals surface area contributed by atoms with Gasteiger partial charge in [-0.25, -0.2) is 13.1 Å². The Hall–Kier alpha value is -1.44. The highest BCUT2D eigenvalue weighted by atomic mass is 32.2. The summed E-state index contributed by atoms with van der Waals surface area (Å²) in [5.74, 6) is -1.80. The molecule has 0 aromatic heterocycles. The molecule has 0 saturated carbocycles. The zero-order chi connectivity index (χ0) is 16.8. The van der Waals surface area contributed by atoms with Crippen LogP contribution in [0.15, 0.2) is 30.3 Å². The first-order valence-electron chi connectivity index (χ1n) is 7.11. The topological polar surface area (TPSA) is 92.7 Å². The maximum Gasteiger partial charge on any atom is 0.322 e. The van der Waals surface area contributed by atoms with Crippen molar-refractivity contribution in [2.45, 2.75) is 32.4 Å². The normalized spacial score (nSPS) is 16.0. The molecule has 1 rings (SSSR count). The molecular weight excluding hydrogens is 306 g/mol. The monoisotopic (exact) mass is 329 g/mol. The summed E-state index contributed by atoms with van der Waals surface area (Å²) < 4.78 is 32.0. The summed E-state index contributed by atoms with van der Waals surface area (Å²) in [5.41, 5.74) is 0.728. The van der Waals surface area contributed by atoms with Crippen molar-refractivity contribution in [1.82, 2.24) is 4.72 Å². The summed E-state index contributed by atoms with van der Waals surface area (Å²) in [6.45, 7) is 3.52. The number of ether oxygens (including phenoxy) is 1. The van der Waals surface area contributed by atoms with Crippen LogP contribution >= 0.6 is 0 Å². The summed E-state index contributed by atoms with van der Waals surface area (Å²) in [5, 5.41) is 9.19. The van der Waals surface area contributed by atoms with E-state index in [-0.39, 0.29) is 11.7 Å². The summed E-state index contributed by atoms with van der Waals surface area (Å²) in [6.07, 6.45) is -0.0867. The van der Waals surface area contributed by atoms with E-state index in [0.29, 0.717) is 6.42 Å². The van der Waals surface area contributed by atoms with Crippen molar-refractivity contribution in [3.05, 3.63) is 35.9 Å². The van der Waals surface area contributed by atoms with Gasteiger partial charge in [0.05, 0.1) is 11.9 Å². The predicted octanol–water partition coefficient (Wildman–Crippen LogP) is 1.79. The maximum absolute atomic E-state index is 12.3. The summed E-state index contributed by atoms with van der Waals surface area (Å²) in [6, 6.07) is 7.82. The van der Waals surface area contributed by atoms with Gasteiger partial charge < -0.3 is 9.84 Å². The van der Waals surface area contributed by atoms with Crippen LogP contribution in [0.25, 0.3) is 0 Å². The Kier molecular flexibility index (Phi) is 6.99. The van der Waals surface area contributed by atoms with Gasteiger partial charge in [-0.1, -0.05) is 50.6 Å². The summed E-state index contributed by atoms with van der Waals surface area (Å²) in [4.78, 5) is 11.2. The third-order valence-corrected chi connectivity index (χ3v) is 4.97. The third kappa shape index (κ3) is 5.40. The minimum absolute atomic E-state index is 0.301. The van der Waals surface area contributed by atoms with Gasteiger partial charge in [-0.3, -0.25) is 4.79 Å². The molecule has 6 nitrogen and oxygen atoms in total. The quantitative estimate of drug-likeness (QED) is 0.720. The fourth-order valence-corrected chi connectivity index (χ4v) is 3.60. The highest BCUT2D eigenvalue weighted by Gasteiger charge is 2.30. The van der Waals surface area contributed by atoms with Crippen molar-refractivity contribution in [3.63, 3.8) is 0 Å². The predicted molar refractivity (Wildman–Crippen MR) is 84.0 cm³/mol. The van der Waals surface area contributed by atoms with Crippen molar-refractivity contribution in [3.8, 4) is 0 Å². The molecule has 0 radical (unpaired) electrons. The zero-order valence-electron chi connectivity index (χ0n) is 13.0. The number of carboxylic acid groups (broad SMARTS) is 1. The molecule has 0 spiro atoms. The van der Waals surface area contributed by atoms with Gasteiger partial charge in [-0.2, -0.15) is 0 Å². The molecule has 7 heteroatoms. The van der Waals surface area contributed by atoms with Crippen molar-refractivity contribution in [2.75, 3.05) is 12.9 Å². The number of carboxylic acids is 1. The van der Waals surface area contributed by atoms with Gasteiger partial charge in [0.15, 0.2) is 0 Å². The van der Waals surface area contributed by atoms with E-state index in [9.17, 15) is 18.3 Å². The molecule has 0 bridgehead atoms. The van der Waals surface area contributed by atoms with E-state index in [1.165, 1.54) is 7.11 Å². The lowest BCUT2D eigenvalue weighted by Crippen LogP contribution is -2.46. The second kappa shape index (κ2) is 8.26. The van der Waals surface area contributed by atoms with Gasteiger partial charge in [-0.15, -0.1) is 0 Å². The van der Waals surface area contributed by atoms with E-state index in [4.69, 9.17) is 4.74 Å². The Bertz CT molecular complexity index is 573. The van der Waals surface area contributed by atoms with Crippen LogP contribution in [0.2, 0.25) is 0 Å². The van der Waals surface area contributed by atoms with E-state index < -0.39 is 28.1 Å². The number of benzene rings is 1. The minimum atomic E-state index is -3.80. The smallest absolute Gasteiger partial charge is 0.322 e. The second-order valence-electron chi connectivity index (χ2n) is 5.24. The largest absolute Gasteiger partial charge is 0.480 e. The van der Waals surface area contributed by atoms with Crippen molar-refractivity contribution in [2.24, 2.45) is 5.92 Å². The summed E-state index contributed by atoms with van der Waals surface area (Å²) >= 11 is 0. The lowest BCUT2D eigenvalue weighted by atomic mass is 10.0. The van der Waals surface area contributed by atoms with Gasteiger partial charge in [-0.05, 0) is 11.5 Å². The number of rotatable bonds is 9. The average Bonchev–Trinajstić information content (AvgIpc) is 2.50. The lowest BCUT2D eigenvalue weighted by molar-refractivity contribution is -0.140. The molecule has 1 aromatic rings. The molecule has 0 saturated heterocycles. The maximum atomic E-state index is 12.3. The molecule has 22 heavy (non-hydrogen) atoms. The molecule has 1 unspecified atom stereocenters. The van der Waals surface area contributed by atoms with Gasteiger partial charge in [0.1, 0.15) is 6.04 Å². The molecule has 124 valence electrons. The van der Waals surface area contributed by atoms with Crippen LogP contribution in [0.4, 0.5) is 0 Å². The second-order valence-corrected chi connectivity index (χ2v) is 7.03. The SMILES string of the molecule is CC[C@H](C)[C@H](NS(=O)(=O)CC(OC)c1ccccc1)C(=O)O. The molecule has 0 aliphatic rings. The molecule has 0 aliphatic carbocycles. The molecule has 0 heterocycles. The molecule has 1 aromatic carbocycles. The van der Waals surface area contributed by atoms with Crippen LogP contribution in [0.5, 0.6) is 0 Å². The van der Waals surface area contributed by atoms with E-state index in [1.54, 1.807) is 31.2 Å². The highest BCUT2D eigenvalue weighted by molar-refractivity contribution is 7.89. The number of sulfonamides is 1. The number of hydrogen-bond acceptors (Lipinski definition) is 4. The third-order valence-electron chi connectivity index (χ3n) is 3.61. The number of nitrogens with one attached hydrogen (secondary N) is 1. The Balaban J connectivity index is 2.87. The van der Waals surface area contributed by atoms with Crippen LogP contribution in [0.3, 0.4) is 0 Å². The zero-order valence-corrected chi connectivity index (χ0v) is 13.8. The van der Waals surface area contributed by atoms with E-state index in [0.717, 1.165) is 5.56 Å². The van der Waals surface area contributed by atoms with Crippen LogP contribution < -0.4 is 4.72 Å². The Morgan fingerprint density at radius 1 is 1.32 bits per heavy atom. The van der Waals surface area contributed by atoms with Crippen LogP contribution in [0.1, 0.15) is 31.9 Å². The van der Waals surface area contributed by atoms with Crippen LogP contribution in [0, 0.1) is 5.92 Å². The first-order chi connectivity index (χ1) is 10.3. The van der Waals surface area contributed by atoms with Crippen molar-refractivity contribution >= 4 is 16.0 Å². The molecule has 3 atom stereocenters. The fourth-order valence-electron chi connectivity index (χ4n) is 2.05. The van der Waals surface area contributed by atoms with Crippen LogP contribution in [-0.2, 0) is 19.6 Å². The minimum Gasteiger partial charge on any atom is -0.480 e. The Morgan fingerprint density at radius 3 is 2.36 bits per heavy atom. The van der Waals surface area contributed by atoms with E-state index in [1.807, 2.05) is 13.0 Å². The first kappa shape index (κ1) is 18.6. The van der Waals surface area contributed by atoms with Crippen LogP contribution in [-0.4, -0.2) is 38.4 Å². The average molecular weight is 329 g/mol. The van der Waals surface area contributed by atoms with Gasteiger partial charge in [0.25, 0.3) is 0 Å². The van der Waals surface area contributed by atoms with Gasteiger partial charge in [0.2, 0.25) is 10.0 Å². The number of methoxy groups -OCH3 is 1. The number of aliphatic carboxylic acids is 1. The molecular formula is C15H23NO5S. The van der Waals surface area contributed by atoms with Crippen molar-refractivity contribution < 1.29 is 23.1 Å². The first-order valence-corrected chi connectivity index (χ1v) is 8.76. The van der Waals surface area contributed by atoms with Crippen molar-refractivity contribution in [1.29, 1.82) is 0 Å². The summed E-state index contributed by atoms with van der Waals surface area (Å²) in [7, 11) is -2.37. The number of hydrogen-bond donors (Lipinski definition) is 2. The molecule has 0 amide bonds.